The van der Waals surface area contributed by atoms with E-state index in [1.807, 2.05) is 0 Å². The minimum Gasteiger partial charge on any atom is -0.351 e. The van der Waals surface area contributed by atoms with Crippen molar-refractivity contribution in [3.05, 3.63) is 11.9 Å². The molecule has 1 aromatic heterocycles. The third kappa shape index (κ3) is 4.33. The first-order valence-electron chi connectivity index (χ1n) is 7.48. The van der Waals surface area contributed by atoms with Gasteiger partial charge in [-0.1, -0.05) is 44.2 Å². The summed E-state index contributed by atoms with van der Waals surface area (Å²) in [5.41, 5.74) is 0.428. The number of carbonyl (C=O) groups excluding carboxylic acids is 1. The molecule has 1 aromatic rings. The zero-order valence-electron chi connectivity index (χ0n) is 11.8. The number of aryl methyl sites for hydroxylation is 1. The van der Waals surface area contributed by atoms with Crippen LogP contribution in [0.1, 0.15) is 62.4 Å². The molecule has 1 heterocycles. The average Bonchev–Trinajstić information content (AvgIpc) is 2.89. The fourth-order valence-corrected chi connectivity index (χ4v) is 2.70. The molecule has 0 unspecified atom stereocenters. The van der Waals surface area contributed by atoms with E-state index in [9.17, 15) is 4.79 Å². The summed E-state index contributed by atoms with van der Waals surface area (Å²) >= 11 is 0. The molecule has 0 atom stereocenters. The molecule has 1 N–H and O–H groups in total. The maximum atomic E-state index is 11.9. The molecule has 0 bridgehead atoms. The van der Waals surface area contributed by atoms with E-state index in [1.165, 1.54) is 32.1 Å². The van der Waals surface area contributed by atoms with E-state index < -0.39 is 0 Å². The highest BCUT2D eigenvalue weighted by molar-refractivity contribution is 5.91. The molecule has 1 aliphatic carbocycles. The van der Waals surface area contributed by atoms with Crippen LogP contribution in [0.2, 0.25) is 0 Å². The van der Waals surface area contributed by atoms with Crippen LogP contribution < -0.4 is 5.32 Å². The first-order chi connectivity index (χ1) is 9.29. The van der Waals surface area contributed by atoms with Crippen molar-refractivity contribution >= 4 is 5.91 Å². The molecule has 5 nitrogen and oxygen atoms in total. The summed E-state index contributed by atoms with van der Waals surface area (Å²) in [5, 5.41) is 10.8. The lowest BCUT2D eigenvalue weighted by atomic mass is 9.87. The Balaban J connectivity index is 1.70. The quantitative estimate of drug-likeness (QED) is 0.858. The number of hydrogen-bond acceptors (Lipinski definition) is 3. The number of nitrogens with zero attached hydrogens (tertiary/aromatic N) is 3. The predicted octanol–water partition coefficient (Wildman–Crippen LogP) is 2.39. The average molecular weight is 264 g/mol. The van der Waals surface area contributed by atoms with Gasteiger partial charge >= 0.3 is 0 Å². The van der Waals surface area contributed by atoms with Gasteiger partial charge in [0, 0.05) is 13.1 Å². The van der Waals surface area contributed by atoms with E-state index in [1.54, 1.807) is 10.9 Å². The van der Waals surface area contributed by atoms with Crippen LogP contribution in [0.5, 0.6) is 0 Å². The first kappa shape index (κ1) is 14.0. The Bertz CT molecular complexity index is 396. The van der Waals surface area contributed by atoms with Crippen LogP contribution in [0, 0.1) is 5.92 Å². The van der Waals surface area contributed by atoms with Gasteiger partial charge in [0.05, 0.1) is 6.20 Å². The normalized spacial score (nSPS) is 16.5. The van der Waals surface area contributed by atoms with Gasteiger partial charge in [0.15, 0.2) is 5.69 Å². The summed E-state index contributed by atoms with van der Waals surface area (Å²) in [6.45, 7) is 3.64. The summed E-state index contributed by atoms with van der Waals surface area (Å²) in [6, 6.07) is 0. The fraction of sp³-hybridized carbons (Fsp3) is 0.786. The molecule has 0 saturated heterocycles. The van der Waals surface area contributed by atoms with Crippen LogP contribution in [0.4, 0.5) is 0 Å². The minimum atomic E-state index is -0.0989. The molecule has 1 fully saturated rings. The zero-order valence-corrected chi connectivity index (χ0v) is 11.8. The number of aromatic nitrogens is 3. The highest BCUT2D eigenvalue weighted by atomic mass is 16.2. The molecular formula is C14H24N4O. The van der Waals surface area contributed by atoms with E-state index in [4.69, 9.17) is 0 Å². The Kier molecular flexibility index (Phi) is 5.36. The Morgan fingerprint density at radius 1 is 1.42 bits per heavy atom. The number of hydrogen-bond donors (Lipinski definition) is 1. The Morgan fingerprint density at radius 2 is 2.21 bits per heavy atom. The molecule has 0 spiro atoms. The zero-order chi connectivity index (χ0) is 13.5. The lowest BCUT2D eigenvalue weighted by Crippen LogP contribution is -2.26. The molecule has 1 amide bonds. The lowest BCUT2D eigenvalue weighted by molar-refractivity contribution is 0.0945. The molecule has 0 radical (unpaired) electrons. The van der Waals surface area contributed by atoms with E-state index in [0.717, 1.165) is 31.8 Å². The van der Waals surface area contributed by atoms with Crippen LogP contribution in [-0.2, 0) is 6.54 Å². The lowest BCUT2D eigenvalue weighted by Gasteiger charge is -2.21. The summed E-state index contributed by atoms with van der Waals surface area (Å²) in [7, 11) is 0. The second-order valence-electron chi connectivity index (χ2n) is 5.42. The second kappa shape index (κ2) is 7.26. The summed E-state index contributed by atoms with van der Waals surface area (Å²) < 4.78 is 1.72. The fourth-order valence-electron chi connectivity index (χ4n) is 2.70. The van der Waals surface area contributed by atoms with E-state index >= 15 is 0 Å². The molecule has 2 rings (SSSR count). The molecule has 0 aliphatic heterocycles. The molecule has 0 aromatic carbocycles. The number of carbonyl (C=O) groups is 1. The van der Waals surface area contributed by atoms with Crippen LogP contribution in [-0.4, -0.2) is 27.4 Å². The largest absolute Gasteiger partial charge is 0.351 e. The summed E-state index contributed by atoms with van der Waals surface area (Å²) in [6.07, 6.45) is 10.5. The maximum Gasteiger partial charge on any atom is 0.273 e. The Morgan fingerprint density at radius 3 is 2.95 bits per heavy atom. The van der Waals surface area contributed by atoms with E-state index in [2.05, 4.69) is 22.6 Å². The Hall–Kier alpha value is -1.39. The van der Waals surface area contributed by atoms with Gasteiger partial charge in [-0.3, -0.25) is 9.48 Å². The second-order valence-corrected chi connectivity index (χ2v) is 5.42. The number of rotatable bonds is 6. The van der Waals surface area contributed by atoms with Gasteiger partial charge in [-0.05, 0) is 18.8 Å². The third-order valence-corrected chi connectivity index (χ3v) is 3.79. The van der Waals surface area contributed by atoms with Gasteiger partial charge < -0.3 is 5.32 Å². The van der Waals surface area contributed by atoms with Crippen LogP contribution in [0.15, 0.2) is 6.20 Å². The monoisotopic (exact) mass is 264 g/mol. The van der Waals surface area contributed by atoms with Crippen LogP contribution in [0.25, 0.3) is 0 Å². The van der Waals surface area contributed by atoms with Crippen molar-refractivity contribution in [3.8, 4) is 0 Å². The highest BCUT2D eigenvalue weighted by Gasteiger charge is 2.14. The van der Waals surface area contributed by atoms with Crippen molar-refractivity contribution in [1.82, 2.24) is 20.3 Å². The maximum absolute atomic E-state index is 11.9. The molecule has 5 heteroatoms. The molecule has 1 saturated carbocycles. The number of amides is 1. The molecule has 106 valence electrons. The van der Waals surface area contributed by atoms with Crippen LogP contribution in [0.3, 0.4) is 0 Å². The van der Waals surface area contributed by atoms with Gasteiger partial charge in [-0.25, -0.2) is 0 Å². The minimum absolute atomic E-state index is 0.0989. The van der Waals surface area contributed by atoms with Crippen molar-refractivity contribution in [1.29, 1.82) is 0 Å². The number of nitrogens with one attached hydrogen (secondary N) is 1. The smallest absolute Gasteiger partial charge is 0.273 e. The molecule has 1 aliphatic rings. The van der Waals surface area contributed by atoms with Crippen LogP contribution >= 0.6 is 0 Å². The van der Waals surface area contributed by atoms with E-state index in [0.29, 0.717) is 5.69 Å². The topological polar surface area (TPSA) is 59.8 Å². The van der Waals surface area contributed by atoms with Crippen molar-refractivity contribution in [3.63, 3.8) is 0 Å². The summed E-state index contributed by atoms with van der Waals surface area (Å²) in [4.78, 5) is 11.9. The van der Waals surface area contributed by atoms with Crippen molar-refractivity contribution in [2.75, 3.05) is 6.54 Å². The first-order valence-corrected chi connectivity index (χ1v) is 7.48. The SMILES string of the molecule is CCCn1cc(C(=O)NCCC2CCCCC2)nn1. The van der Waals surface area contributed by atoms with Gasteiger partial charge in [-0.15, -0.1) is 5.10 Å². The third-order valence-electron chi connectivity index (χ3n) is 3.79. The Labute approximate surface area is 114 Å². The van der Waals surface area contributed by atoms with E-state index in [-0.39, 0.29) is 5.91 Å². The van der Waals surface area contributed by atoms with Gasteiger partial charge in [-0.2, -0.15) is 0 Å². The van der Waals surface area contributed by atoms with Crippen molar-refractivity contribution in [2.45, 2.75) is 58.4 Å². The molecular weight excluding hydrogens is 240 g/mol. The highest BCUT2D eigenvalue weighted by Crippen LogP contribution is 2.25. The summed E-state index contributed by atoms with van der Waals surface area (Å²) in [5.74, 6) is 0.697. The molecule has 19 heavy (non-hydrogen) atoms. The van der Waals surface area contributed by atoms with Crippen molar-refractivity contribution in [2.24, 2.45) is 5.92 Å². The standard InChI is InChI=1S/C14H24N4O/c1-2-10-18-11-13(16-17-18)14(19)15-9-8-12-6-4-3-5-7-12/h11-12H,2-10H2,1H3,(H,15,19). The van der Waals surface area contributed by atoms with Gasteiger partial charge in [0.2, 0.25) is 0 Å². The van der Waals surface area contributed by atoms with Gasteiger partial charge in [0.25, 0.3) is 5.91 Å². The predicted molar refractivity (Wildman–Crippen MR) is 73.8 cm³/mol. The van der Waals surface area contributed by atoms with Crippen molar-refractivity contribution < 1.29 is 4.79 Å². The van der Waals surface area contributed by atoms with Gasteiger partial charge in [0.1, 0.15) is 0 Å².